The summed E-state index contributed by atoms with van der Waals surface area (Å²) in [4.78, 5) is 20.8. The summed E-state index contributed by atoms with van der Waals surface area (Å²) in [7, 11) is 0. The summed E-state index contributed by atoms with van der Waals surface area (Å²) in [5, 5.41) is 19.9. The van der Waals surface area contributed by atoms with Crippen LogP contribution in [0.4, 0.5) is 10.1 Å². The molecule has 3 N–H and O–H groups in total. The van der Waals surface area contributed by atoms with Crippen molar-refractivity contribution in [3.05, 3.63) is 42.7 Å². The molecule has 1 atom stereocenters. The van der Waals surface area contributed by atoms with Crippen molar-refractivity contribution in [2.45, 2.75) is 45.5 Å². The van der Waals surface area contributed by atoms with Crippen molar-refractivity contribution in [1.82, 2.24) is 24.9 Å². The van der Waals surface area contributed by atoms with Crippen LogP contribution in [0, 0.1) is 0 Å². The van der Waals surface area contributed by atoms with Crippen molar-refractivity contribution in [3.63, 3.8) is 0 Å². The van der Waals surface area contributed by atoms with Gasteiger partial charge in [-0.05, 0) is 33.8 Å². The van der Waals surface area contributed by atoms with Crippen LogP contribution in [-0.4, -0.2) is 55.0 Å². The molecule has 0 radical (unpaired) electrons. The highest BCUT2D eigenvalue weighted by atomic mass is 19.1. The Balaban J connectivity index is 1.97. The van der Waals surface area contributed by atoms with Gasteiger partial charge < -0.3 is 15.7 Å². The maximum atomic E-state index is 14.0. The van der Waals surface area contributed by atoms with Crippen molar-refractivity contribution in [3.8, 4) is 11.1 Å². The lowest BCUT2D eigenvalue weighted by Gasteiger charge is -2.23. The van der Waals surface area contributed by atoms with Crippen LogP contribution in [0.3, 0.4) is 0 Å². The van der Waals surface area contributed by atoms with Gasteiger partial charge in [0.1, 0.15) is 12.5 Å². The SMILES string of the molecule is CC(C)Nc1c(C(=O)NCC(F)C(C)(C)O)cnn2cc(-c3cncnc3)cc12. The van der Waals surface area contributed by atoms with E-state index in [0.29, 0.717) is 16.8 Å². The molecule has 29 heavy (non-hydrogen) atoms. The van der Waals surface area contributed by atoms with E-state index in [1.54, 1.807) is 16.9 Å². The monoisotopic (exact) mass is 400 g/mol. The van der Waals surface area contributed by atoms with Crippen molar-refractivity contribution >= 4 is 17.1 Å². The number of nitrogens with one attached hydrogen (secondary N) is 2. The molecular formula is C20H25FN6O2. The first kappa shape index (κ1) is 20.7. The molecule has 0 aliphatic heterocycles. The van der Waals surface area contributed by atoms with E-state index in [4.69, 9.17) is 0 Å². The molecular weight excluding hydrogens is 375 g/mol. The Morgan fingerprint density at radius 3 is 2.55 bits per heavy atom. The van der Waals surface area contributed by atoms with Gasteiger partial charge in [-0.1, -0.05) is 0 Å². The first-order valence-electron chi connectivity index (χ1n) is 9.34. The second-order valence-electron chi connectivity index (χ2n) is 7.75. The van der Waals surface area contributed by atoms with Gasteiger partial charge in [0.15, 0.2) is 0 Å². The Kier molecular flexibility index (Phi) is 5.78. The number of hydrogen-bond donors (Lipinski definition) is 3. The average molecular weight is 400 g/mol. The Labute approximate surface area is 168 Å². The van der Waals surface area contributed by atoms with Crippen molar-refractivity contribution in [2.24, 2.45) is 0 Å². The molecule has 0 aliphatic carbocycles. The second kappa shape index (κ2) is 8.12. The smallest absolute Gasteiger partial charge is 0.255 e. The fourth-order valence-corrected chi connectivity index (χ4v) is 2.80. The fourth-order valence-electron chi connectivity index (χ4n) is 2.80. The summed E-state index contributed by atoms with van der Waals surface area (Å²) < 4.78 is 15.7. The Bertz CT molecular complexity index is 997. The van der Waals surface area contributed by atoms with Crippen LogP contribution < -0.4 is 10.6 Å². The van der Waals surface area contributed by atoms with Gasteiger partial charge in [-0.25, -0.2) is 18.9 Å². The van der Waals surface area contributed by atoms with Gasteiger partial charge in [0.25, 0.3) is 5.91 Å². The number of anilines is 1. The van der Waals surface area contributed by atoms with E-state index in [2.05, 4.69) is 25.7 Å². The first-order valence-corrected chi connectivity index (χ1v) is 9.34. The third-order valence-electron chi connectivity index (χ3n) is 4.42. The molecule has 8 nitrogen and oxygen atoms in total. The third-order valence-corrected chi connectivity index (χ3v) is 4.42. The molecule has 9 heteroatoms. The summed E-state index contributed by atoms with van der Waals surface area (Å²) in [5.41, 5.74) is 1.73. The third kappa shape index (κ3) is 4.68. The molecule has 154 valence electrons. The van der Waals surface area contributed by atoms with E-state index < -0.39 is 17.7 Å². The Hall–Kier alpha value is -3.07. The molecule has 0 bridgehead atoms. The van der Waals surface area contributed by atoms with Crippen LogP contribution in [0.2, 0.25) is 0 Å². The van der Waals surface area contributed by atoms with Crippen LogP contribution >= 0.6 is 0 Å². The molecule has 3 heterocycles. The molecule has 0 aliphatic rings. The van der Waals surface area contributed by atoms with Crippen LogP contribution in [0.25, 0.3) is 16.6 Å². The summed E-state index contributed by atoms with van der Waals surface area (Å²) >= 11 is 0. The number of aromatic nitrogens is 4. The molecule has 0 saturated heterocycles. The molecule has 1 amide bonds. The predicted molar refractivity (Wildman–Crippen MR) is 109 cm³/mol. The highest BCUT2D eigenvalue weighted by Gasteiger charge is 2.27. The molecule has 3 rings (SSSR count). The van der Waals surface area contributed by atoms with Crippen LogP contribution in [0.1, 0.15) is 38.1 Å². The number of nitrogens with zero attached hydrogens (tertiary/aromatic N) is 4. The molecule has 3 aromatic rings. The molecule has 1 unspecified atom stereocenters. The summed E-state index contributed by atoms with van der Waals surface area (Å²) in [6.07, 6.45) is 6.52. The average Bonchev–Trinajstić information content (AvgIpc) is 3.10. The summed E-state index contributed by atoms with van der Waals surface area (Å²) in [6.45, 7) is 6.33. The largest absolute Gasteiger partial charge is 0.387 e. The molecule has 0 spiro atoms. The second-order valence-corrected chi connectivity index (χ2v) is 7.75. The Morgan fingerprint density at radius 1 is 1.24 bits per heavy atom. The predicted octanol–water partition coefficient (Wildman–Crippen LogP) is 2.45. The maximum absolute atomic E-state index is 14.0. The number of amides is 1. The van der Waals surface area contributed by atoms with Gasteiger partial charge in [0, 0.05) is 35.8 Å². The molecule has 3 aromatic heterocycles. The standard InChI is InChI=1S/C20H25FN6O2/c1-12(2)26-18-15(19(28)24-9-17(21)20(3,4)29)8-25-27-10-13(5-16(18)27)14-6-22-11-23-7-14/h5-8,10-12,17,26,29H,9H2,1-4H3,(H,24,28). The molecule has 0 aromatic carbocycles. The van der Waals surface area contributed by atoms with E-state index in [9.17, 15) is 14.3 Å². The quantitative estimate of drug-likeness (QED) is 0.563. The zero-order valence-corrected chi connectivity index (χ0v) is 16.8. The minimum absolute atomic E-state index is 0.0523. The minimum Gasteiger partial charge on any atom is -0.387 e. The van der Waals surface area contributed by atoms with Gasteiger partial charge in [0.2, 0.25) is 0 Å². The highest BCUT2D eigenvalue weighted by Crippen LogP contribution is 2.28. The Morgan fingerprint density at radius 2 is 1.93 bits per heavy atom. The van der Waals surface area contributed by atoms with Gasteiger partial charge in [-0.2, -0.15) is 5.10 Å². The number of aliphatic hydroxyl groups is 1. The van der Waals surface area contributed by atoms with Crippen molar-refractivity contribution in [1.29, 1.82) is 0 Å². The zero-order chi connectivity index (χ0) is 21.2. The fraction of sp³-hybridized carbons (Fsp3) is 0.400. The van der Waals surface area contributed by atoms with Crippen molar-refractivity contribution in [2.75, 3.05) is 11.9 Å². The van der Waals surface area contributed by atoms with Crippen LogP contribution in [0.15, 0.2) is 37.2 Å². The van der Waals surface area contributed by atoms with E-state index in [0.717, 1.165) is 11.1 Å². The number of halogens is 1. The number of carbonyl (C=O) groups is 1. The zero-order valence-electron chi connectivity index (χ0n) is 16.8. The van der Waals surface area contributed by atoms with E-state index >= 15 is 0 Å². The van der Waals surface area contributed by atoms with Gasteiger partial charge in [-0.15, -0.1) is 0 Å². The van der Waals surface area contributed by atoms with E-state index in [1.165, 1.54) is 26.4 Å². The summed E-state index contributed by atoms with van der Waals surface area (Å²) in [6, 6.07) is 1.94. The number of rotatable bonds is 7. The normalized spacial score (nSPS) is 12.9. The maximum Gasteiger partial charge on any atom is 0.255 e. The van der Waals surface area contributed by atoms with Crippen LogP contribution in [-0.2, 0) is 0 Å². The topological polar surface area (TPSA) is 104 Å². The number of carbonyl (C=O) groups excluding carboxylic acids is 1. The molecule has 0 saturated carbocycles. The number of alkyl halides is 1. The van der Waals surface area contributed by atoms with Gasteiger partial charge in [-0.3, -0.25) is 4.79 Å². The summed E-state index contributed by atoms with van der Waals surface area (Å²) in [5.74, 6) is -0.471. The van der Waals surface area contributed by atoms with Crippen LogP contribution in [0.5, 0.6) is 0 Å². The van der Waals surface area contributed by atoms with E-state index in [-0.39, 0.29) is 12.6 Å². The molecule has 0 fully saturated rings. The number of hydrogen-bond acceptors (Lipinski definition) is 6. The highest BCUT2D eigenvalue weighted by molar-refractivity contribution is 6.03. The van der Waals surface area contributed by atoms with Crippen molar-refractivity contribution < 1.29 is 14.3 Å². The minimum atomic E-state index is -1.59. The lowest BCUT2D eigenvalue weighted by Crippen LogP contribution is -2.42. The lowest BCUT2D eigenvalue weighted by atomic mass is 10.0. The van der Waals surface area contributed by atoms with Gasteiger partial charge in [0.05, 0.1) is 35.1 Å². The first-order chi connectivity index (χ1) is 13.7. The van der Waals surface area contributed by atoms with E-state index in [1.807, 2.05) is 26.1 Å². The van der Waals surface area contributed by atoms with Gasteiger partial charge >= 0.3 is 0 Å². The number of fused-ring (bicyclic) bond motifs is 1. The lowest BCUT2D eigenvalue weighted by molar-refractivity contribution is -0.00177.